The first-order valence-corrected chi connectivity index (χ1v) is 9.68. The van der Waals surface area contributed by atoms with Gasteiger partial charge in [-0.1, -0.05) is 19.9 Å². The lowest BCUT2D eigenvalue weighted by Gasteiger charge is -2.15. The van der Waals surface area contributed by atoms with Crippen LogP contribution in [0.2, 0.25) is 0 Å². The van der Waals surface area contributed by atoms with E-state index in [-0.39, 0.29) is 30.1 Å². The molecule has 0 atom stereocenters. The van der Waals surface area contributed by atoms with E-state index in [9.17, 15) is 14.4 Å². The van der Waals surface area contributed by atoms with Gasteiger partial charge in [-0.3, -0.25) is 14.4 Å². The molecule has 142 valence electrons. The van der Waals surface area contributed by atoms with E-state index in [2.05, 4.69) is 15.6 Å². The monoisotopic (exact) mass is 386 g/mol. The summed E-state index contributed by atoms with van der Waals surface area (Å²) in [6, 6.07) is 5.57. The molecule has 0 saturated carbocycles. The molecule has 8 heteroatoms. The highest BCUT2D eigenvalue weighted by molar-refractivity contribution is 7.13. The van der Waals surface area contributed by atoms with Crippen molar-refractivity contribution in [3.05, 3.63) is 34.8 Å². The first-order valence-electron chi connectivity index (χ1n) is 8.80. The highest BCUT2D eigenvalue weighted by atomic mass is 32.1. The molecule has 1 aromatic carbocycles. The zero-order chi connectivity index (χ0) is 19.6. The second-order valence-corrected chi connectivity index (χ2v) is 7.59. The lowest BCUT2D eigenvalue weighted by molar-refractivity contribution is -0.119. The van der Waals surface area contributed by atoms with Gasteiger partial charge in [0.1, 0.15) is 0 Å². The van der Waals surface area contributed by atoms with Crippen molar-refractivity contribution in [2.75, 3.05) is 22.1 Å². The van der Waals surface area contributed by atoms with Crippen molar-refractivity contribution >= 4 is 45.6 Å². The Morgan fingerprint density at radius 1 is 1.26 bits per heavy atom. The van der Waals surface area contributed by atoms with Crippen LogP contribution in [0.1, 0.15) is 32.0 Å². The van der Waals surface area contributed by atoms with E-state index in [0.29, 0.717) is 23.8 Å². The maximum absolute atomic E-state index is 12.4. The van der Waals surface area contributed by atoms with Gasteiger partial charge in [-0.2, -0.15) is 0 Å². The highest BCUT2D eigenvalue weighted by Gasteiger charge is 2.24. The van der Waals surface area contributed by atoms with Crippen molar-refractivity contribution in [1.29, 1.82) is 0 Å². The molecule has 7 nitrogen and oxygen atoms in total. The van der Waals surface area contributed by atoms with Crippen molar-refractivity contribution in [2.24, 2.45) is 5.92 Å². The van der Waals surface area contributed by atoms with E-state index in [0.717, 1.165) is 16.9 Å². The third-order valence-electron chi connectivity index (χ3n) is 4.33. The van der Waals surface area contributed by atoms with Crippen LogP contribution in [0.5, 0.6) is 0 Å². The average molecular weight is 386 g/mol. The van der Waals surface area contributed by atoms with Gasteiger partial charge >= 0.3 is 0 Å². The molecule has 1 aliphatic heterocycles. The third kappa shape index (κ3) is 4.33. The molecule has 3 amide bonds. The van der Waals surface area contributed by atoms with Gasteiger partial charge in [0, 0.05) is 41.7 Å². The number of hydrogen-bond acceptors (Lipinski definition) is 5. The Kier molecular flexibility index (Phi) is 5.55. The van der Waals surface area contributed by atoms with Crippen LogP contribution in [0.25, 0.3) is 0 Å². The largest absolute Gasteiger partial charge is 0.325 e. The summed E-state index contributed by atoms with van der Waals surface area (Å²) in [6.07, 6.45) is 0.835. The molecular weight excluding hydrogens is 364 g/mol. The minimum atomic E-state index is -0.184. The van der Waals surface area contributed by atoms with Gasteiger partial charge in [0.25, 0.3) is 0 Å². The molecule has 1 aliphatic rings. The van der Waals surface area contributed by atoms with Crippen LogP contribution in [0.15, 0.2) is 23.6 Å². The fourth-order valence-corrected chi connectivity index (χ4v) is 3.65. The number of anilines is 3. The van der Waals surface area contributed by atoms with Gasteiger partial charge in [-0.15, -0.1) is 11.3 Å². The third-order valence-corrected chi connectivity index (χ3v) is 5.14. The van der Waals surface area contributed by atoms with Crippen LogP contribution in [0, 0.1) is 5.92 Å². The second kappa shape index (κ2) is 7.87. The van der Waals surface area contributed by atoms with Crippen LogP contribution in [-0.2, 0) is 27.2 Å². The van der Waals surface area contributed by atoms with Crippen molar-refractivity contribution in [2.45, 2.75) is 33.6 Å². The quantitative estimate of drug-likeness (QED) is 0.827. The fraction of sp³-hybridized carbons (Fsp3) is 0.368. The predicted octanol–water partition coefficient (Wildman–Crippen LogP) is 2.83. The molecule has 2 heterocycles. The molecule has 0 aliphatic carbocycles. The molecule has 2 aromatic rings. The minimum Gasteiger partial charge on any atom is -0.325 e. The van der Waals surface area contributed by atoms with Gasteiger partial charge in [0.15, 0.2) is 5.13 Å². The van der Waals surface area contributed by atoms with Crippen LogP contribution >= 0.6 is 11.3 Å². The Morgan fingerprint density at radius 2 is 2.04 bits per heavy atom. The molecule has 0 fully saturated rings. The summed E-state index contributed by atoms with van der Waals surface area (Å²) in [5, 5.41) is 7.91. The maximum Gasteiger partial charge on any atom is 0.230 e. The van der Waals surface area contributed by atoms with E-state index in [1.165, 1.54) is 18.3 Å². The minimum absolute atomic E-state index is 0.00401. The number of benzene rings is 1. The number of aromatic nitrogens is 1. The smallest absolute Gasteiger partial charge is 0.230 e. The summed E-state index contributed by atoms with van der Waals surface area (Å²) in [5.41, 5.74) is 3.16. The Morgan fingerprint density at radius 3 is 2.74 bits per heavy atom. The Hall–Kier alpha value is -2.74. The van der Waals surface area contributed by atoms with Crippen LogP contribution < -0.4 is 15.5 Å². The van der Waals surface area contributed by atoms with Gasteiger partial charge in [0.05, 0.1) is 12.1 Å². The summed E-state index contributed by atoms with van der Waals surface area (Å²) < 4.78 is 0. The number of carbonyl (C=O) groups is 3. The summed E-state index contributed by atoms with van der Waals surface area (Å²) in [7, 11) is 0. The van der Waals surface area contributed by atoms with Crippen LogP contribution in [-0.4, -0.2) is 29.3 Å². The fourth-order valence-electron chi connectivity index (χ4n) is 2.93. The van der Waals surface area contributed by atoms with Gasteiger partial charge in [-0.25, -0.2) is 4.98 Å². The number of nitrogens with one attached hydrogen (secondary N) is 2. The molecule has 0 bridgehead atoms. The Bertz CT molecular complexity index is 891. The van der Waals surface area contributed by atoms with E-state index in [4.69, 9.17) is 0 Å². The van der Waals surface area contributed by atoms with Gasteiger partial charge in [-0.05, 0) is 18.6 Å². The SMILES string of the molecule is CC(=O)N1CCc2c(NC(=O)Cc3csc(NC(=O)C(C)C)n3)cccc21. The molecule has 0 radical (unpaired) electrons. The molecule has 0 saturated heterocycles. The van der Waals surface area contributed by atoms with E-state index in [1.807, 2.05) is 32.0 Å². The van der Waals surface area contributed by atoms with Gasteiger partial charge in [0.2, 0.25) is 17.7 Å². The number of amides is 3. The number of rotatable bonds is 5. The number of carbonyl (C=O) groups excluding carboxylic acids is 3. The molecule has 3 rings (SSSR count). The molecule has 1 aromatic heterocycles. The standard InChI is InChI=1S/C19H22N4O3S/c1-11(2)18(26)22-19-20-13(10-27-19)9-17(25)21-15-5-4-6-16-14(15)7-8-23(16)12(3)24/h4-6,10-11H,7-9H2,1-3H3,(H,21,25)(H,20,22,26). The van der Waals surface area contributed by atoms with Crippen LogP contribution in [0.3, 0.4) is 0 Å². The highest BCUT2D eigenvalue weighted by Crippen LogP contribution is 2.33. The van der Waals surface area contributed by atoms with Crippen molar-refractivity contribution in [3.63, 3.8) is 0 Å². The maximum atomic E-state index is 12.4. The van der Waals surface area contributed by atoms with Crippen molar-refractivity contribution < 1.29 is 14.4 Å². The number of fused-ring (bicyclic) bond motifs is 1. The Labute approximate surface area is 161 Å². The van der Waals surface area contributed by atoms with Crippen LogP contribution in [0.4, 0.5) is 16.5 Å². The van der Waals surface area contributed by atoms with E-state index < -0.39 is 0 Å². The average Bonchev–Trinajstić information content (AvgIpc) is 3.22. The molecule has 0 spiro atoms. The number of hydrogen-bond donors (Lipinski definition) is 2. The molecule has 0 unspecified atom stereocenters. The van der Waals surface area contributed by atoms with E-state index in [1.54, 1.807) is 10.3 Å². The second-order valence-electron chi connectivity index (χ2n) is 6.74. The van der Waals surface area contributed by atoms with E-state index >= 15 is 0 Å². The summed E-state index contributed by atoms with van der Waals surface area (Å²) in [6.45, 7) is 5.78. The predicted molar refractivity (Wildman–Crippen MR) is 106 cm³/mol. The Balaban J connectivity index is 1.65. The molecular formula is C19H22N4O3S. The van der Waals surface area contributed by atoms with Crippen molar-refractivity contribution in [3.8, 4) is 0 Å². The zero-order valence-corrected chi connectivity index (χ0v) is 16.4. The normalized spacial score (nSPS) is 12.8. The first kappa shape index (κ1) is 19.0. The molecule has 2 N–H and O–H groups in total. The summed E-state index contributed by atoms with van der Waals surface area (Å²) in [5.74, 6) is -0.419. The van der Waals surface area contributed by atoms with Crippen molar-refractivity contribution in [1.82, 2.24) is 4.98 Å². The first-order chi connectivity index (χ1) is 12.8. The topological polar surface area (TPSA) is 91.4 Å². The summed E-state index contributed by atoms with van der Waals surface area (Å²) in [4.78, 5) is 41.9. The lowest BCUT2D eigenvalue weighted by Crippen LogP contribution is -2.25. The molecule has 27 heavy (non-hydrogen) atoms. The van der Waals surface area contributed by atoms with Gasteiger partial charge < -0.3 is 15.5 Å². The summed E-state index contributed by atoms with van der Waals surface area (Å²) >= 11 is 1.30. The lowest BCUT2D eigenvalue weighted by atomic mass is 10.1. The number of thiazole rings is 1. The number of nitrogens with zero attached hydrogens (tertiary/aromatic N) is 2. The zero-order valence-electron chi connectivity index (χ0n) is 15.5.